The van der Waals surface area contributed by atoms with E-state index in [0.717, 1.165) is 28.1 Å². The number of H-pyrrole nitrogens is 1. The minimum absolute atomic E-state index is 0.290. The summed E-state index contributed by atoms with van der Waals surface area (Å²) in [6.07, 6.45) is 0. The third-order valence-electron chi connectivity index (χ3n) is 3.79. The normalized spacial score (nSPS) is 10.5. The van der Waals surface area contributed by atoms with Crippen molar-refractivity contribution in [1.29, 1.82) is 0 Å². The maximum atomic E-state index is 12.5. The summed E-state index contributed by atoms with van der Waals surface area (Å²) in [4.78, 5) is 15.8. The SMILES string of the molecule is CCOC(=O)c1c(C)[nH]c(-c2ccccc2)c1-c1ccccc1. The molecule has 23 heavy (non-hydrogen) atoms. The summed E-state index contributed by atoms with van der Waals surface area (Å²) >= 11 is 0. The molecule has 0 spiro atoms. The second kappa shape index (κ2) is 6.53. The van der Waals surface area contributed by atoms with Gasteiger partial charge in [0.2, 0.25) is 0 Å². The van der Waals surface area contributed by atoms with Crippen molar-refractivity contribution in [1.82, 2.24) is 4.98 Å². The molecule has 0 saturated carbocycles. The van der Waals surface area contributed by atoms with Crippen LogP contribution in [0.2, 0.25) is 0 Å². The highest BCUT2D eigenvalue weighted by atomic mass is 16.5. The van der Waals surface area contributed by atoms with Gasteiger partial charge >= 0.3 is 5.97 Å². The van der Waals surface area contributed by atoms with Crippen LogP contribution in [0.4, 0.5) is 0 Å². The first-order chi connectivity index (χ1) is 11.2. The van der Waals surface area contributed by atoms with E-state index in [1.807, 2.05) is 74.5 Å². The Morgan fingerprint density at radius 2 is 1.52 bits per heavy atom. The smallest absolute Gasteiger partial charge is 0.340 e. The van der Waals surface area contributed by atoms with E-state index in [4.69, 9.17) is 4.74 Å². The molecule has 2 aromatic carbocycles. The van der Waals surface area contributed by atoms with E-state index < -0.39 is 0 Å². The quantitative estimate of drug-likeness (QED) is 0.701. The van der Waals surface area contributed by atoms with E-state index in [1.54, 1.807) is 0 Å². The molecule has 0 amide bonds. The Labute approximate surface area is 135 Å². The number of hydrogen-bond acceptors (Lipinski definition) is 2. The van der Waals surface area contributed by atoms with Crippen LogP contribution in [0.3, 0.4) is 0 Å². The second-order valence-corrected chi connectivity index (χ2v) is 5.33. The minimum Gasteiger partial charge on any atom is -0.462 e. The number of benzene rings is 2. The number of aromatic nitrogens is 1. The standard InChI is InChI=1S/C20H19NO2/c1-3-23-20(22)17-14(2)21-19(16-12-8-5-9-13-16)18(17)15-10-6-4-7-11-15/h4-13,21H,3H2,1-2H3. The first-order valence-corrected chi connectivity index (χ1v) is 7.73. The number of aromatic amines is 1. The molecule has 0 fully saturated rings. The molecule has 0 aliphatic heterocycles. The van der Waals surface area contributed by atoms with Gasteiger partial charge in [0.05, 0.1) is 17.9 Å². The molecule has 1 aromatic heterocycles. The Hall–Kier alpha value is -2.81. The van der Waals surface area contributed by atoms with Crippen LogP contribution in [-0.4, -0.2) is 17.6 Å². The van der Waals surface area contributed by atoms with E-state index in [1.165, 1.54) is 0 Å². The number of rotatable bonds is 4. The Morgan fingerprint density at radius 3 is 2.09 bits per heavy atom. The van der Waals surface area contributed by atoms with Gasteiger partial charge in [0.1, 0.15) is 0 Å². The Bertz CT molecular complexity index is 804. The van der Waals surface area contributed by atoms with Crippen molar-refractivity contribution in [2.45, 2.75) is 13.8 Å². The van der Waals surface area contributed by atoms with Crippen LogP contribution in [0.1, 0.15) is 23.0 Å². The maximum absolute atomic E-state index is 12.5. The molecule has 0 aliphatic rings. The number of hydrogen-bond donors (Lipinski definition) is 1. The Balaban J connectivity index is 2.25. The van der Waals surface area contributed by atoms with Crippen molar-refractivity contribution in [2.75, 3.05) is 6.61 Å². The number of aryl methyl sites for hydroxylation is 1. The average molecular weight is 305 g/mol. The van der Waals surface area contributed by atoms with Crippen molar-refractivity contribution in [3.05, 3.63) is 71.9 Å². The summed E-state index contributed by atoms with van der Waals surface area (Å²) in [5, 5.41) is 0. The van der Waals surface area contributed by atoms with Crippen molar-refractivity contribution in [2.24, 2.45) is 0 Å². The minimum atomic E-state index is -0.290. The topological polar surface area (TPSA) is 42.1 Å². The van der Waals surface area contributed by atoms with Crippen molar-refractivity contribution in [3.8, 4) is 22.4 Å². The lowest BCUT2D eigenvalue weighted by atomic mass is 9.97. The summed E-state index contributed by atoms with van der Waals surface area (Å²) in [5.74, 6) is -0.290. The highest BCUT2D eigenvalue weighted by molar-refractivity contribution is 6.03. The number of carbonyl (C=O) groups excluding carboxylic acids is 1. The largest absolute Gasteiger partial charge is 0.462 e. The summed E-state index contributed by atoms with van der Waals surface area (Å²) in [6, 6.07) is 20.0. The van der Waals surface area contributed by atoms with Gasteiger partial charge in [-0.15, -0.1) is 0 Å². The highest BCUT2D eigenvalue weighted by Crippen LogP contribution is 2.36. The molecule has 0 atom stereocenters. The Morgan fingerprint density at radius 1 is 0.957 bits per heavy atom. The number of carbonyl (C=O) groups is 1. The molecule has 3 rings (SSSR count). The van der Waals surface area contributed by atoms with Gasteiger partial charge in [0.25, 0.3) is 0 Å². The van der Waals surface area contributed by atoms with Gasteiger partial charge in [0, 0.05) is 11.3 Å². The summed E-state index contributed by atoms with van der Waals surface area (Å²) in [6.45, 7) is 4.09. The molecule has 0 aliphatic carbocycles. The van der Waals surface area contributed by atoms with Gasteiger partial charge < -0.3 is 9.72 Å². The van der Waals surface area contributed by atoms with Crippen LogP contribution >= 0.6 is 0 Å². The van der Waals surface area contributed by atoms with E-state index in [2.05, 4.69) is 4.98 Å². The molecule has 1 heterocycles. The van der Waals surface area contributed by atoms with E-state index in [-0.39, 0.29) is 5.97 Å². The van der Waals surface area contributed by atoms with E-state index >= 15 is 0 Å². The van der Waals surface area contributed by atoms with Crippen molar-refractivity contribution >= 4 is 5.97 Å². The number of ether oxygens (including phenoxy) is 1. The van der Waals surface area contributed by atoms with Crippen LogP contribution in [0.5, 0.6) is 0 Å². The third-order valence-corrected chi connectivity index (χ3v) is 3.79. The molecule has 3 aromatic rings. The molecular formula is C20H19NO2. The lowest BCUT2D eigenvalue weighted by molar-refractivity contribution is 0.0526. The van der Waals surface area contributed by atoms with E-state index in [0.29, 0.717) is 12.2 Å². The molecule has 0 saturated heterocycles. The lowest BCUT2D eigenvalue weighted by Crippen LogP contribution is -2.06. The van der Waals surface area contributed by atoms with Gasteiger partial charge in [-0.1, -0.05) is 60.7 Å². The zero-order valence-electron chi connectivity index (χ0n) is 13.3. The third kappa shape index (κ3) is 2.90. The fourth-order valence-corrected chi connectivity index (χ4v) is 2.80. The molecule has 0 bridgehead atoms. The van der Waals surface area contributed by atoms with E-state index in [9.17, 15) is 4.79 Å². The number of esters is 1. The maximum Gasteiger partial charge on any atom is 0.340 e. The van der Waals surface area contributed by atoms with Crippen LogP contribution in [-0.2, 0) is 4.74 Å². The average Bonchev–Trinajstić information content (AvgIpc) is 2.94. The molecule has 1 N–H and O–H groups in total. The van der Waals surface area contributed by atoms with Gasteiger partial charge in [-0.3, -0.25) is 0 Å². The Kier molecular flexibility index (Phi) is 4.29. The van der Waals surface area contributed by atoms with Crippen LogP contribution in [0.15, 0.2) is 60.7 Å². The van der Waals surface area contributed by atoms with Gasteiger partial charge in [0.15, 0.2) is 0 Å². The fourth-order valence-electron chi connectivity index (χ4n) is 2.80. The highest BCUT2D eigenvalue weighted by Gasteiger charge is 2.23. The predicted molar refractivity (Wildman–Crippen MR) is 92.4 cm³/mol. The van der Waals surface area contributed by atoms with Crippen LogP contribution < -0.4 is 0 Å². The van der Waals surface area contributed by atoms with Gasteiger partial charge in [-0.25, -0.2) is 4.79 Å². The number of nitrogens with one attached hydrogen (secondary N) is 1. The first-order valence-electron chi connectivity index (χ1n) is 7.73. The second-order valence-electron chi connectivity index (χ2n) is 5.33. The van der Waals surface area contributed by atoms with Gasteiger partial charge in [-0.05, 0) is 25.0 Å². The predicted octanol–water partition coefficient (Wildman–Crippen LogP) is 4.83. The lowest BCUT2D eigenvalue weighted by Gasteiger charge is -2.08. The molecule has 3 nitrogen and oxygen atoms in total. The zero-order valence-corrected chi connectivity index (χ0v) is 13.3. The first kappa shape index (κ1) is 15.1. The fraction of sp³-hybridized carbons (Fsp3) is 0.150. The van der Waals surface area contributed by atoms with Gasteiger partial charge in [-0.2, -0.15) is 0 Å². The van der Waals surface area contributed by atoms with Crippen molar-refractivity contribution < 1.29 is 9.53 Å². The van der Waals surface area contributed by atoms with Crippen molar-refractivity contribution in [3.63, 3.8) is 0 Å². The molecule has 0 radical (unpaired) electrons. The zero-order chi connectivity index (χ0) is 16.2. The monoisotopic (exact) mass is 305 g/mol. The molecular weight excluding hydrogens is 286 g/mol. The molecule has 0 unspecified atom stereocenters. The summed E-state index contributed by atoms with van der Waals surface area (Å²) < 4.78 is 5.26. The summed E-state index contributed by atoms with van der Waals surface area (Å²) in [7, 11) is 0. The molecule has 3 heteroatoms. The molecule has 116 valence electrons. The van der Waals surface area contributed by atoms with Crippen LogP contribution in [0, 0.1) is 6.92 Å². The van der Waals surface area contributed by atoms with Crippen LogP contribution in [0.25, 0.3) is 22.4 Å². The summed E-state index contributed by atoms with van der Waals surface area (Å²) in [5.41, 5.74) is 5.31.